The quantitative estimate of drug-likeness (QED) is 0.481. The number of rotatable bonds is 8. The maximum Gasteiger partial charge on any atom is 0.208 e. The monoisotopic (exact) mass is 373 g/mol. The highest BCUT2D eigenvalue weighted by Gasteiger charge is 2.15. The number of carbonyl (C=O) groups excluding carboxylic acids is 1. The highest BCUT2D eigenvalue weighted by atomic mass is 32.2. The zero-order chi connectivity index (χ0) is 18.4. The third-order valence-electron chi connectivity index (χ3n) is 3.42. The minimum atomic E-state index is -0.489. The largest absolute Gasteiger partial charge is 0.496 e. The number of thioether (sulfide) groups is 1. The first-order valence-electron chi connectivity index (χ1n) is 7.74. The number of para-hydroxylation sites is 1. The van der Waals surface area contributed by atoms with Crippen LogP contribution in [0.2, 0.25) is 0 Å². The molecule has 0 unspecified atom stereocenters. The molecule has 0 saturated heterocycles. The molecular formula is C18H16FN3O3S. The molecule has 2 aromatic carbocycles. The fraction of sp³-hybridized carbons (Fsp3) is 0.167. The molecular weight excluding hydrogens is 357 g/mol. The smallest absolute Gasteiger partial charge is 0.208 e. The number of nitrogens with one attached hydrogen (secondary N) is 1. The van der Waals surface area contributed by atoms with E-state index >= 15 is 0 Å². The van der Waals surface area contributed by atoms with E-state index in [0.29, 0.717) is 16.7 Å². The summed E-state index contributed by atoms with van der Waals surface area (Å²) < 4.78 is 24.1. The van der Waals surface area contributed by atoms with Crippen LogP contribution in [0.25, 0.3) is 0 Å². The number of hydrogen-bond acceptors (Lipinski definition) is 6. The van der Waals surface area contributed by atoms with Gasteiger partial charge < -0.3 is 9.47 Å². The van der Waals surface area contributed by atoms with Crippen LogP contribution in [0.15, 0.2) is 53.7 Å². The second-order valence-corrected chi connectivity index (χ2v) is 6.17. The molecule has 0 fully saturated rings. The zero-order valence-electron chi connectivity index (χ0n) is 13.9. The Bertz CT molecular complexity index is 886. The molecule has 26 heavy (non-hydrogen) atoms. The summed E-state index contributed by atoms with van der Waals surface area (Å²) >= 11 is 1.15. The minimum absolute atomic E-state index is 0.0661. The second kappa shape index (κ2) is 8.48. The van der Waals surface area contributed by atoms with Crippen LogP contribution < -0.4 is 9.47 Å². The zero-order valence-corrected chi connectivity index (χ0v) is 14.8. The van der Waals surface area contributed by atoms with Crippen LogP contribution in [0.3, 0.4) is 0 Å². The lowest BCUT2D eigenvalue weighted by molar-refractivity contribution is 0.101. The van der Waals surface area contributed by atoms with E-state index in [-0.39, 0.29) is 23.7 Å². The van der Waals surface area contributed by atoms with Crippen LogP contribution in [0.5, 0.6) is 11.5 Å². The van der Waals surface area contributed by atoms with E-state index in [1.54, 1.807) is 0 Å². The van der Waals surface area contributed by atoms with Crippen molar-refractivity contribution in [3.05, 3.63) is 65.7 Å². The number of methoxy groups -OCH3 is 1. The normalized spacial score (nSPS) is 10.5. The number of aromatic amines is 1. The Morgan fingerprint density at radius 2 is 2.04 bits per heavy atom. The summed E-state index contributed by atoms with van der Waals surface area (Å²) in [4.78, 5) is 16.6. The van der Waals surface area contributed by atoms with Gasteiger partial charge in [-0.1, -0.05) is 30.0 Å². The van der Waals surface area contributed by atoms with E-state index in [2.05, 4.69) is 15.2 Å². The third-order valence-corrected chi connectivity index (χ3v) is 4.27. The van der Waals surface area contributed by atoms with Crippen molar-refractivity contribution >= 4 is 17.5 Å². The average Bonchev–Trinajstić information content (AvgIpc) is 3.13. The molecule has 0 radical (unpaired) electrons. The van der Waals surface area contributed by atoms with Crippen molar-refractivity contribution in [2.24, 2.45) is 0 Å². The van der Waals surface area contributed by atoms with Crippen molar-refractivity contribution < 1.29 is 18.7 Å². The molecule has 0 saturated carbocycles. The van der Waals surface area contributed by atoms with Gasteiger partial charge in [0.15, 0.2) is 11.6 Å². The topological polar surface area (TPSA) is 77.1 Å². The predicted molar refractivity (Wildman–Crippen MR) is 95.2 cm³/mol. The van der Waals surface area contributed by atoms with Gasteiger partial charge in [-0.05, 0) is 30.3 Å². The van der Waals surface area contributed by atoms with Gasteiger partial charge in [-0.25, -0.2) is 9.37 Å². The molecule has 1 aromatic heterocycles. The predicted octanol–water partition coefficient (Wildman–Crippen LogP) is 3.51. The molecule has 0 bridgehead atoms. The second-order valence-electron chi connectivity index (χ2n) is 5.22. The standard InChI is InChI=1S/C18H16FN3O3S/c1-24-16-8-7-12(19)9-14(16)15(23)11-26-18-20-17(21-22-18)10-25-13-5-3-2-4-6-13/h2-9H,10-11H2,1H3,(H,20,21,22). The lowest BCUT2D eigenvalue weighted by atomic mass is 10.1. The van der Waals surface area contributed by atoms with Crippen molar-refractivity contribution in [2.45, 2.75) is 11.8 Å². The molecule has 1 N–H and O–H groups in total. The van der Waals surface area contributed by atoms with Gasteiger partial charge in [0.25, 0.3) is 0 Å². The van der Waals surface area contributed by atoms with Gasteiger partial charge in [-0.15, -0.1) is 5.10 Å². The number of hydrogen-bond donors (Lipinski definition) is 1. The maximum absolute atomic E-state index is 13.4. The van der Waals surface area contributed by atoms with Crippen molar-refractivity contribution in [3.8, 4) is 11.5 Å². The molecule has 0 aliphatic heterocycles. The Labute approximate surface area is 153 Å². The molecule has 134 valence electrons. The number of H-pyrrole nitrogens is 1. The minimum Gasteiger partial charge on any atom is -0.496 e. The molecule has 0 aliphatic rings. The van der Waals surface area contributed by atoms with E-state index < -0.39 is 5.82 Å². The third kappa shape index (κ3) is 4.60. The summed E-state index contributed by atoms with van der Waals surface area (Å²) in [5, 5.41) is 7.23. The van der Waals surface area contributed by atoms with Crippen LogP contribution in [0.1, 0.15) is 16.2 Å². The van der Waals surface area contributed by atoms with Crippen LogP contribution >= 0.6 is 11.8 Å². The Morgan fingerprint density at radius 1 is 1.23 bits per heavy atom. The van der Waals surface area contributed by atoms with Crippen molar-refractivity contribution in [3.63, 3.8) is 0 Å². The van der Waals surface area contributed by atoms with E-state index in [9.17, 15) is 9.18 Å². The molecule has 1 heterocycles. The number of Topliss-reactive ketones (excluding diaryl/α,β-unsaturated/α-hetero) is 1. The fourth-order valence-corrected chi connectivity index (χ4v) is 2.88. The first-order chi connectivity index (χ1) is 12.7. The average molecular weight is 373 g/mol. The summed E-state index contributed by atoms with van der Waals surface area (Å²) in [5.74, 6) is 0.926. The summed E-state index contributed by atoms with van der Waals surface area (Å²) in [6.07, 6.45) is 0. The number of halogens is 1. The van der Waals surface area contributed by atoms with Gasteiger partial charge in [0, 0.05) is 0 Å². The SMILES string of the molecule is COc1ccc(F)cc1C(=O)CSc1n[nH]c(COc2ccccc2)n1. The number of nitrogens with zero attached hydrogens (tertiary/aromatic N) is 2. The van der Waals surface area contributed by atoms with E-state index in [1.165, 1.54) is 25.3 Å². The molecule has 0 aliphatic carbocycles. The highest BCUT2D eigenvalue weighted by molar-refractivity contribution is 7.99. The van der Waals surface area contributed by atoms with Crippen molar-refractivity contribution in [2.75, 3.05) is 12.9 Å². The van der Waals surface area contributed by atoms with Gasteiger partial charge >= 0.3 is 0 Å². The summed E-state index contributed by atoms with van der Waals surface area (Å²) in [6, 6.07) is 13.2. The first kappa shape index (κ1) is 17.9. The summed E-state index contributed by atoms with van der Waals surface area (Å²) in [6.45, 7) is 0.239. The Balaban J connectivity index is 1.56. The Morgan fingerprint density at radius 3 is 2.81 bits per heavy atom. The van der Waals surface area contributed by atoms with Crippen molar-refractivity contribution in [1.82, 2.24) is 15.2 Å². The Kier molecular flexibility index (Phi) is 5.85. The summed E-state index contributed by atoms with van der Waals surface area (Å²) in [5.41, 5.74) is 0.197. The van der Waals surface area contributed by atoms with E-state index in [4.69, 9.17) is 9.47 Å². The van der Waals surface area contributed by atoms with Crippen LogP contribution in [0, 0.1) is 5.82 Å². The molecule has 0 spiro atoms. The van der Waals surface area contributed by atoms with Gasteiger partial charge in [0.1, 0.15) is 23.9 Å². The number of ether oxygens (including phenoxy) is 2. The van der Waals surface area contributed by atoms with Gasteiger partial charge in [-0.2, -0.15) is 0 Å². The van der Waals surface area contributed by atoms with Gasteiger partial charge in [0.2, 0.25) is 5.16 Å². The van der Waals surface area contributed by atoms with Crippen LogP contribution in [-0.4, -0.2) is 33.8 Å². The molecule has 8 heteroatoms. The molecule has 0 atom stereocenters. The highest BCUT2D eigenvalue weighted by Crippen LogP contribution is 2.23. The van der Waals surface area contributed by atoms with E-state index in [1.807, 2.05) is 30.3 Å². The summed E-state index contributed by atoms with van der Waals surface area (Å²) in [7, 11) is 1.44. The fourth-order valence-electron chi connectivity index (χ4n) is 2.18. The Hall–Kier alpha value is -2.87. The van der Waals surface area contributed by atoms with E-state index in [0.717, 1.165) is 17.5 Å². The van der Waals surface area contributed by atoms with Gasteiger partial charge in [-0.3, -0.25) is 9.89 Å². The lowest BCUT2D eigenvalue weighted by Crippen LogP contribution is -2.06. The molecule has 0 amide bonds. The number of benzene rings is 2. The number of carbonyl (C=O) groups is 1. The molecule has 6 nitrogen and oxygen atoms in total. The van der Waals surface area contributed by atoms with Crippen LogP contribution in [0.4, 0.5) is 4.39 Å². The molecule has 3 rings (SSSR count). The number of aromatic nitrogens is 3. The van der Waals surface area contributed by atoms with Crippen LogP contribution in [-0.2, 0) is 6.61 Å². The van der Waals surface area contributed by atoms with Crippen molar-refractivity contribution in [1.29, 1.82) is 0 Å². The molecule has 3 aromatic rings. The first-order valence-corrected chi connectivity index (χ1v) is 8.73. The number of ketones is 1. The maximum atomic E-state index is 13.4. The van der Waals surface area contributed by atoms with Gasteiger partial charge in [0.05, 0.1) is 18.4 Å². The lowest BCUT2D eigenvalue weighted by Gasteiger charge is -2.06.